The molecule has 1 aromatic carbocycles. The fraction of sp³-hybridized carbons (Fsp3) is 0.619. The number of alkyl halides is 3. The van der Waals surface area contributed by atoms with Crippen LogP contribution in [0.3, 0.4) is 0 Å². The molecule has 0 aliphatic rings. The quantitative estimate of drug-likeness (QED) is 0.427. The van der Waals surface area contributed by atoms with E-state index < -0.39 is 30.8 Å². The van der Waals surface area contributed by atoms with Gasteiger partial charge in [0.2, 0.25) is 0 Å². The Balaban J connectivity index is 2.44. The summed E-state index contributed by atoms with van der Waals surface area (Å²) in [5, 5.41) is 9.14. The highest BCUT2D eigenvalue weighted by Crippen LogP contribution is 2.22. The van der Waals surface area contributed by atoms with Crippen LogP contribution in [-0.4, -0.2) is 67.8 Å². The van der Waals surface area contributed by atoms with Gasteiger partial charge >= 0.3 is 18.2 Å². The first-order chi connectivity index (χ1) is 14.7. The molecular weight excluding hydrogens is 419 g/mol. The highest BCUT2D eigenvalue weighted by atomic mass is 19.4. The molecule has 0 aliphatic heterocycles. The summed E-state index contributed by atoms with van der Waals surface area (Å²) in [6, 6.07) is 6.87. The molecule has 1 amide bonds. The number of carbonyl (C=O) groups excluding carboxylic acids is 1. The van der Waals surface area contributed by atoms with Crippen molar-refractivity contribution in [2.24, 2.45) is 0 Å². The van der Waals surface area contributed by atoms with E-state index in [1.165, 1.54) is 12.0 Å². The van der Waals surface area contributed by atoms with Gasteiger partial charge in [0.15, 0.2) is 6.10 Å². The van der Waals surface area contributed by atoms with Crippen molar-refractivity contribution >= 4 is 12.1 Å². The lowest BCUT2D eigenvalue weighted by Gasteiger charge is -2.21. The van der Waals surface area contributed by atoms with E-state index in [2.05, 4.69) is 0 Å². The van der Waals surface area contributed by atoms with Crippen molar-refractivity contribution in [3.63, 3.8) is 0 Å². The SMILES string of the molecule is CCOC(Cc1ccc(OCCN(CCCCCC(F)(F)F)C(=O)OC)cc1)C(=O)O. The van der Waals surface area contributed by atoms with Gasteiger partial charge < -0.3 is 24.2 Å². The van der Waals surface area contributed by atoms with Crippen LogP contribution in [0.1, 0.15) is 38.2 Å². The van der Waals surface area contributed by atoms with Gasteiger partial charge in [0.1, 0.15) is 12.4 Å². The zero-order valence-corrected chi connectivity index (χ0v) is 17.8. The van der Waals surface area contributed by atoms with Crippen LogP contribution in [0, 0.1) is 0 Å². The number of unbranched alkanes of at least 4 members (excludes halogenated alkanes) is 2. The number of rotatable bonds is 14. The van der Waals surface area contributed by atoms with Crippen LogP contribution in [0.2, 0.25) is 0 Å². The third kappa shape index (κ3) is 11.5. The summed E-state index contributed by atoms with van der Waals surface area (Å²) < 4.78 is 52.0. The Kier molecular flexibility index (Phi) is 11.8. The minimum absolute atomic E-state index is 0.0212. The number of amides is 1. The second kappa shape index (κ2) is 13.7. The first-order valence-corrected chi connectivity index (χ1v) is 10.1. The zero-order valence-electron chi connectivity index (χ0n) is 17.8. The number of ether oxygens (including phenoxy) is 3. The van der Waals surface area contributed by atoms with Gasteiger partial charge in [-0.2, -0.15) is 13.2 Å². The van der Waals surface area contributed by atoms with Crippen molar-refractivity contribution in [3.05, 3.63) is 29.8 Å². The molecule has 0 fully saturated rings. The lowest BCUT2D eigenvalue weighted by molar-refractivity contribution is -0.150. The molecule has 7 nitrogen and oxygen atoms in total. The van der Waals surface area contributed by atoms with Gasteiger partial charge in [-0.3, -0.25) is 0 Å². The van der Waals surface area contributed by atoms with Crippen LogP contribution in [0.4, 0.5) is 18.0 Å². The Morgan fingerprint density at radius 2 is 1.77 bits per heavy atom. The van der Waals surface area contributed by atoms with Crippen LogP contribution >= 0.6 is 0 Å². The molecule has 1 aromatic rings. The fourth-order valence-electron chi connectivity index (χ4n) is 2.86. The number of nitrogens with zero attached hydrogens (tertiary/aromatic N) is 1. The summed E-state index contributed by atoms with van der Waals surface area (Å²) in [7, 11) is 1.24. The Hall–Kier alpha value is -2.49. The monoisotopic (exact) mass is 449 g/mol. The maximum absolute atomic E-state index is 12.2. The van der Waals surface area contributed by atoms with Gasteiger partial charge in [-0.05, 0) is 37.5 Å². The van der Waals surface area contributed by atoms with E-state index in [1.807, 2.05) is 0 Å². The molecule has 1 N–H and O–H groups in total. The van der Waals surface area contributed by atoms with Crippen LogP contribution in [0.25, 0.3) is 0 Å². The molecule has 0 heterocycles. The lowest BCUT2D eigenvalue weighted by Crippen LogP contribution is -2.35. The predicted octanol–water partition coefficient (Wildman–Crippen LogP) is 4.29. The molecule has 10 heteroatoms. The molecule has 0 saturated carbocycles. The Labute approximate surface area is 180 Å². The second-order valence-electron chi connectivity index (χ2n) is 6.86. The highest BCUT2D eigenvalue weighted by molar-refractivity contribution is 5.72. The number of methoxy groups -OCH3 is 1. The number of hydrogen-bond donors (Lipinski definition) is 1. The molecule has 0 radical (unpaired) electrons. The number of hydrogen-bond acceptors (Lipinski definition) is 5. The summed E-state index contributed by atoms with van der Waals surface area (Å²) in [6.07, 6.45) is -5.43. The average Bonchev–Trinajstić information content (AvgIpc) is 2.71. The maximum atomic E-state index is 12.2. The minimum atomic E-state index is -4.16. The van der Waals surface area contributed by atoms with E-state index in [-0.39, 0.29) is 32.5 Å². The molecule has 0 aromatic heterocycles. The predicted molar refractivity (Wildman–Crippen MR) is 107 cm³/mol. The smallest absolute Gasteiger partial charge is 0.409 e. The summed E-state index contributed by atoms with van der Waals surface area (Å²) in [5.41, 5.74) is 0.781. The molecule has 1 unspecified atom stereocenters. The molecule has 0 spiro atoms. The van der Waals surface area contributed by atoms with Crippen molar-refractivity contribution < 1.29 is 42.1 Å². The third-order valence-electron chi connectivity index (χ3n) is 4.44. The number of benzene rings is 1. The van der Waals surface area contributed by atoms with Gasteiger partial charge in [-0.15, -0.1) is 0 Å². The number of carboxylic acid groups (broad SMARTS) is 1. The lowest BCUT2D eigenvalue weighted by atomic mass is 10.1. The van der Waals surface area contributed by atoms with Crippen LogP contribution in [0.5, 0.6) is 5.75 Å². The number of carbonyl (C=O) groups is 2. The topological polar surface area (TPSA) is 85.3 Å². The van der Waals surface area contributed by atoms with E-state index in [4.69, 9.17) is 19.3 Å². The molecule has 0 bridgehead atoms. The Morgan fingerprint density at radius 3 is 2.32 bits per heavy atom. The van der Waals surface area contributed by atoms with E-state index in [0.717, 1.165) is 5.56 Å². The van der Waals surface area contributed by atoms with Crippen molar-refractivity contribution in [1.82, 2.24) is 4.90 Å². The van der Waals surface area contributed by atoms with Gasteiger partial charge in [0.25, 0.3) is 0 Å². The standard InChI is InChI=1S/C21H30F3NO6/c1-3-30-18(19(26)27)15-16-7-9-17(10-8-16)31-14-13-25(20(28)29-2)12-6-4-5-11-21(22,23)24/h7-10,18H,3-6,11-15H2,1-2H3,(H,26,27). The molecule has 176 valence electrons. The minimum Gasteiger partial charge on any atom is -0.492 e. The van der Waals surface area contributed by atoms with Crippen LogP contribution in [-0.2, 0) is 20.7 Å². The normalized spacial score (nSPS) is 12.3. The van der Waals surface area contributed by atoms with E-state index in [0.29, 0.717) is 25.2 Å². The van der Waals surface area contributed by atoms with Crippen molar-refractivity contribution in [1.29, 1.82) is 0 Å². The molecule has 0 saturated heterocycles. The summed E-state index contributed by atoms with van der Waals surface area (Å²) in [5.74, 6) is -0.481. The van der Waals surface area contributed by atoms with E-state index in [9.17, 15) is 22.8 Å². The average molecular weight is 449 g/mol. The zero-order chi connectivity index (χ0) is 23.3. The summed E-state index contributed by atoms with van der Waals surface area (Å²) in [4.78, 5) is 24.4. The van der Waals surface area contributed by atoms with Crippen molar-refractivity contribution in [2.75, 3.05) is 33.4 Å². The van der Waals surface area contributed by atoms with E-state index in [1.54, 1.807) is 31.2 Å². The molecule has 1 rings (SSSR count). The number of carboxylic acids is 1. The first-order valence-electron chi connectivity index (χ1n) is 10.1. The maximum Gasteiger partial charge on any atom is 0.409 e. The molecule has 0 aliphatic carbocycles. The third-order valence-corrected chi connectivity index (χ3v) is 4.44. The second-order valence-corrected chi connectivity index (χ2v) is 6.86. The van der Waals surface area contributed by atoms with Gasteiger partial charge in [0, 0.05) is 26.0 Å². The molecule has 31 heavy (non-hydrogen) atoms. The first kappa shape index (κ1) is 26.5. The van der Waals surface area contributed by atoms with Gasteiger partial charge in [-0.1, -0.05) is 18.6 Å². The highest BCUT2D eigenvalue weighted by Gasteiger charge is 2.26. The van der Waals surface area contributed by atoms with Crippen molar-refractivity contribution in [3.8, 4) is 5.75 Å². The Morgan fingerprint density at radius 1 is 1.10 bits per heavy atom. The number of halogens is 3. The van der Waals surface area contributed by atoms with Gasteiger partial charge in [0.05, 0.1) is 13.7 Å². The molecular formula is C21H30F3NO6. The molecule has 1 atom stereocenters. The fourth-order valence-corrected chi connectivity index (χ4v) is 2.86. The van der Waals surface area contributed by atoms with Crippen molar-refractivity contribution in [2.45, 2.75) is 51.3 Å². The largest absolute Gasteiger partial charge is 0.492 e. The van der Waals surface area contributed by atoms with E-state index >= 15 is 0 Å². The summed E-state index contributed by atoms with van der Waals surface area (Å²) in [6.45, 7) is 2.71. The van der Waals surface area contributed by atoms with Crippen LogP contribution < -0.4 is 4.74 Å². The summed E-state index contributed by atoms with van der Waals surface area (Å²) >= 11 is 0. The number of aliphatic carboxylic acids is 1. The van der Waals surface area contributed by atoms with Gasteiger partial charge in [-0.25, -0.2) is 9.59 Å². The Bertz CT molecular complexity index is 666. The van der Waals surface area contributed by atoms with Crippen LogP contribution in [0.15, 0.2) is 24.3 Å².